The van der Waals surface area contributed by atoms with Gasteiger partial charge in [-0.2, -0.15) is 0 Å². The summed E-state index contributed by atoms with van der Waals surface area (Å²) in [6, 6.07) is 4.52. The number of ether oxygens (including phenoxy) is 1. The molecule has 0 heterocycles. The Morgan fingerprint density at radius 3 is 2.60 bits per heavy atom. The molecule has 1 saturated carbocycles. The molecule has 1 aliphatic carbocycles. The van der Waals surface area contributed by atoms with E-state index in [9.17, 15) is 4.79 Å². The van der Waals surface area contributed by atoms with Gasteiger partial charge >= 0.3 is 0 Å². The molecule has 110 valence electrons. The minimum atomic E-state index is -0.814. The Morgan fingerprint density at radius 2 is 2.05 bits per heavy atom. The first-order valence-electron chi connectivity index (χ1n) is 7.10. The summed E-state index contributed by atoms with van der Waals surface area (Å²) in [7, 11) is 0. The number of nitrogens with one attached hydrogen (secondary N) is 1. The van der Waals surface area contributed by atoms with Crippen molar-refractivity contribution in [2.24, 2.45) is 5.73 Å². The highest BCUT2D eigenvalue weighted by Crippen LogP contribution is 2.26. The second kappa shape index (κ2) is 5.44. The molecule has 1 aliphatic rings. The molecule has 0 saturated heterocycles. The average Bonchev–Trinajstić information content (AvgIpc) is 3.15. The highest BCUT2D eigenvalue weighted by atomic mass is 16.5. The molecule has 0 bridgehead atoms. The molecule has 0 aromatic heterocycles. The second-order valence-electron chi connectivity index (χ2n) is 6.11. The number of rotatable bonds is 6. The van der Waals surface area contributed by atoms with E-state index in [-0.39, 0.29) is 12.5 Å². The molecule has 0 spiro atoms. The Kier molecular flexibility index (Phi) is 4.04. The van der Waals surface area contributed by atoms with Crippen LogP contribution >= 0.6 is 0 Å². The maximum Gasteiger partial charge on any atom is 0.240 e. The predicted octanol–water partition coefficient (Wildman–Crippen LogP) is 1.99. The van der Waals surface area contributed by atoms with Crippen LogP contribution < -0.4 is 15.8 Å². The van der Waals surface area contributed by atoms with Gasteiger partial charge in [0.15, 0.2) is 0 Å². The van der Waals surface area contributed by atoms with Crippen LogP contribution in [-0.2, 0) is 4.79 Å². The maximum absolute atomic E-state index is 11.7. The van der Waals surface area contributed by atoms with Crippen LogP contribution in [-0.4, -0.2) is 24.1 Å². The van der Waals surface area contributed by atoms with Gasteiger partial charge in [-0.3, -0.25) is 10.1 Å². The maximum atomic E-state index is 11.7. The van der Waals surface area contributed by atoms with Crippen molar-refractivity contribution in [2.75, 3.05) is 6.61 Å². The molecule has 20 heavy (non-hydrogen) atoms. The lowest BCUT2D eigenvalue weighted by atomic mass is 10.0. The summed E-state index contributed by atoms with van der Waals surface area (Å²) in [6.45, 7) is 8.19. The number of carbonyl (C=O) groups excluding carboxylic acids is 1. The molecular formula is C16H24N2O2. The molecule has 1 aromatic carbocycles. The van der Waals surface area contributed by atoms with Gasteiger partial charge in [-0.25, -0.2) is 0 Å². The van der Waals surface area contributed by atoms with Crippen molar-refractivity contribution in [2.45, 2.75) is 52.1 Å². The Labute approximate surface area is 120 Å². The van der Waals surface area contributed by atoms with E-state index in [1.807, 2.05) is 26.8 Å². The average molecular weight is 276 g/mol. The number of primary amides is 1. The largest absolute Gasteiger partial charge is 0.491 e. The fraction of sp³-hybridized carbons (Fsp3) is 0.562. The van der Waals surface area contributed by atoms with E-state index >= 15 is 0 Å². The van der Waals surface area contributed by atoms with Gasteiger partial charge in [0.05, 0.1) is 0 Å². The molecule has 3 N–H and O–H groups in total. The standard InChI is InChI=1S/C16H24N2O2/c1-10-7-11(2)12(3)14(8-10)20-9-16(4,15(17)19)18-13-5-6-13/h7-8,13,18H,5-6,9H2,1-4H3,(H2,17,19). The van der Waals surface area contributed by atoms with Crippen LogP contribution in [0, 0.1) is 20.8 Å². The van der Waals surface area contributed by atoms with Gasteiger partial charge in [0, 0.05) is 6.04 Å². The third-order valence-electron chi connectivity index (χ3n) is 3.92. The molecule has 1 unspecified atom stereocenters. The van der Waals surface area contributed by atoms with Crippen molar-refractivity contribution in [3.63, 3.8) is 0 Å². The number of carbonyl (C=O) groups is 1. The van der Waals surface area contributed by atoms with Crippen LogP contribution in [0.1, 0.15) is 36.5 Å². The Balaban J connectivity index is 2.11. The van der Waals surface area contributed by atoms with Crippen molar-refractivity contribution >= 4 is 5.91 Å². The van der Waals surface area contributed by atoms with Crippen molar-refractivity contribution in [1.82, 2.24) is 5.32 Å². The van der Waals surface area contributed by atoms with E-state index in [1.165, 1.54) is 5.56 Å². The van der Waals surface area contributed by atoms with E-state index in [2.05, 4.69) is 18.3 Å². The van der Waals surface area contributed by atoms with Crippen LogP contribution in [0.5, 0.6) is 5.75 Å². The quantitative estimate of drug-likeness (QED) is 0.835. The third kappa shape index (κ3) is 3.31. The normalized spacial score (nSPS) is 17.6. The number of hydrogen-bond donors (Lipinski definition) is 2. The summed E-state index contributed by atoms with van der Waals surface area (Å²) in [4.78, 5) is 11.7. The van der Waals surface area contributed by atoms with E-state index < -0.39 is 5.54 Å². The van der Waals surface area contributed by atoms with Gasteiger partial charge in [-0.05, 0) is 63.3 Å². The molecule has 4 heteroatoms. The summed E-state index contributed by atoms with van der Waals surface area (Å²) in [5.74, 6) is 0.457. The molecule has 0 aliphatic heterocycles. The molecule has 1 atom stereocenters. The van der Waals surface area contributed by atoms with E-state index in [4.69, 9.17) is 10.5 Å². The number of aryl methyl sites for hydroxylation is 2. The van der Waals surface area contributed by atoms with E-state index in [0.717, 1.165) is 29.7 Å². The first-order valence-corrected chi connectivity index (χ1v) is 7.10. The zero-order valence-corrected chi connectivity index (χ0v) is 12.7. The molecule has 2 rings (SSSR count). The predicted molar refractivity (Wildman–Crippen MR) is 79.9 cm³/mol. The number of benzene rings is 1. The first-order chi connectivity index (χ1) is 9.32. The van der Waals surface area contributed by atoms with Crippen LogP contribution in [0.25, 0.3) is 0 Å². The summed E-state index contributed by atoms with van der Waals surface area (Å²) >= 11 is 0. The van der Waals surface area contributed by atoms with Gasteiger partial charge in [0.1, 0.15) is 17.9 Å². The van der Waals surface area contributed by atoms with Crippen LogP contribution in [0.2, 0.25) is 0 Å². The molecular weight excluding hydrogens is 252 g/mol. The summed E-state index contributed by atoms with van der Waals surface area (Å²) < 4.78 is 5.89. The summed E-state index contributed by atoms with van der Waals surface area (Å²) in [6.07, 6.45) is 2.21. The highest BCUT2D eigenvalue weighted by Gasteiger charge is 2.37. The van der Waals surface area contributed by atoms with Crippen LogP contribution in [0.3, 0.4) is 0 Å². The summed E-state index contributed by atoms with van der Waals surface area (Å²) in [5.41, 5.74) is 8.16. The second-order valence-corrected chi connectivity index (χ2v) is 6.11. The Hall–Kier alpha value is -1.55. The van der Waals surface area contributed by atoms with Gasteiger partial charge in [-0.15, -0.1) is 0 Å². The van der Waals surface area contributed by atoms with E-state index in [1.54, 1.807) is 0 Å². The first kappa shape index (κ1) is 14.9. The zero-order chi connectivity index (χ0) is 14.9. The third-order valence-corrected chi connectivity index (χ3v) is 3.92. The minimum absolute atomic E-state index is 0.253. The van der Waals surface area contributed by atoms with Gasteiger partial charge in [0.25, 0.3) is 0 Å². The smallest absolute Gasteiger partial charge is 0.240 e. The molecule has 1 amide bonds. The fourth-order valence-electron chi connectivity index (χ4n) is 2.23. The van der Waals surface area contributed by atoms with Gasteiger partial charge in [-0.1, -0.05) is 6.07 Å². The number of hydrogen-bond acceptors (Lipinski definition) is 3. The molecule has 1 fully saturated rings. The van der Waals surface area contributed by atoms with Gasteiger partial charge < -0.3 is 10.5 Å². The minimum Gasteiger partial charge on any atom is -0.491 e. The highest BCUT2D eigenvalue weighted by molar-refractivity contribution is 5.84. The van der Waals surface area contributed by atoms with Gasteiger partial charge in [0.2, 0.25) is 5.91 Å². The molecule has 0 radical (unpaired) electrons. The van der Waals surface area contributed by atoms with Crippen LogP contribution in [0.15, 0.2) is 12.1 Å². The molecule has 1 aromatic rings. The van der Waals surface area contributed by atoms with Crippen molar-refractivity contribution in [3.8, 4) is 5.75 Å². The Morgan fingerprint density at radius 1 is 1.40 bits per heavy atom. The van der Waals surface area contributed by atoms with Crippen molar-refractivity contribution in [3.05, 3.63) is 28.8 Å². The van der Waals surface area contributed by atoms with Crippen LogP contribution in [0.4, 0.5) is 0 Å². The summed E-state index contributed by atoms with van der Waals surface area (Å²) in [5, 5.41) is 3.29. The van der Waals surface area contributed by atoms with Crippen molar-refractivity contribution in [1.29, 1.82) is 0 Å². The Bertz CT molecular complexity index is 523. The van der Waals surface area contributed by atoms with Crippen molar-refractivity contribution < 1.29 is 9.53 Å². The molecule has 4 nitrogen and oxygen atoms in total. The van der Waals surface area contributed by atoms with E-state index in [0.29, 0.717) is 6.04 Å². The lowest BCUT2D eigenvalue weighted by Crippen LogP contribution is -2.57. The topological polar surface area (TPSA) is 64.3 Å². The fourth-order valence-corrected chi connectivity index (χ4v) is 2.23. The lowest BCUT2D eigenvalue weighted by molar-refractivity contribution is -0.125. The SMILES string of the molecule is Cc1cc(C)c(C)c(OCC(C)(NC2CC2)C(N)=O)c1. The lowest BCUT2D eigenvalue weighted by Gasteiger charge is -2.28. The number of amides is 1. The zero-order valence-electron chi connectivity index (χ0n) is 12.7. The monoisotopic (exact) mass is 276 g/mol. The number of nitrogens with two attached hydrogens (primary N) is 1.